The molecule has 1 fully saturated rings. The summed E-state index contributed by atoms with van der Waals surface area (Å²) in [6.45, 7) is 0. The van der Waals surface area contributed by atoms with Gasteiger partial charge in [-0.3, -0.25) is 9.78 Å². The molecule has 0 unspecified atom stereocenters. The van der Waals surface area contributed by atoms with Crippen molar-refractivity contribution in [3.63, 3.8) is 0 Å². The van der Waals surface area contributed by atoms with E-state index in [0.717, 1.165) is 12.8 Å². The van der Waals surface area contributed by atoms with Crippen molar-refractivity contribution in [3.8, 4) is 0 Å². The third-order valence-corrected chi connectivity index (χ3v) is 2.34. The Bertz CT molecular complexity index is 293. The number of rotatable bonds is 2. The molecule has 0 aliphatic heterocycles. The van der Waals surface area contributed by atoms with Gasteiger partial charge in [-0.2, -0.15) is 0 Å². The number of amides is 1. The minimum Gasteiger partial charge on any atom is -0.348 e. The van der Waals surface area contributed by atoms with Gasteiger partial charge in [-0.15, -0.1) is 0 Å². The van der Waals surface area contributed by atoms with Crippen molar-refractivity contribution in [3.05, 3.63) is 30.1 Å². The Kier molecular flexibility index (Phi) is 2.25. The van der Waals surface area contributed by atoms with E-state index in [-0.39, 0.29) is 5.91 Å². The molecule has 0 radical (unpaired) electrons. The summed E-state index contributed by atoms with van der Waals surface area (Å²) in [5.74, 6) is -0.0506. The Balaban J connectivity index is 1.97. The Morgan fingerprint density at radius 3 is 2.85 bits per heavy atom. The first-order valence-electron chi connectivity index (χ1n) is 4.58. The normalized spacial score (nSPS) is 16.3. The van der Waals surface area contributed by atoms with Gasteiger partial charge in [0.15, 0.2) is 0 Å². The van der Waals surface area contributed by atoms with E-state index in [2.05, 4.69) is 10.3 Å². The standard InChI is InChI=1S/C10H12N2O/c13-10(12-8-4-3-5-8)9-6-1-2-7-11-9/h1-2,6-8H,3-5H2,(H,12,13). The molecule has 0 spiro atoms. The quantitative estimate of drug-likeness (QED) is 0.739. The van der Waals surface area contributed by atoms with Gasteiger partial charge in [-0.1, -0.05) is 6.07 Å². The fraction of sp³-hybridized carbons (Fsp3) is 0.400. The second kappa shape index (κ2) is 3.56. The average Bonchev–Trinajstić information content (AvgIpc) is 2.12. The number of pyridine rings is 1. The lowest BCUT2D eigenvalue weighted by Gasteiger charge is -2.26. The molecular formula is C10H12N2O. The highest BCUT2D eigenvalue weighted by atomic mass is 16.1. The van der Waals surface area contributed by atoms with Gasteiger partial charge < -0.3 is 5.32 Å². The highest BCUT2D eigenvalue weighted by molar-refractivity contribution is 5.92. The summed E-state index contributed by atoms with van der Waals surface area (Å²) >= 11 is 0. The van der Waals surface area contributed by atoms with Gasteiger partial charge in [0, 0.05) is 12.2 Å². The monoisotopic (exact) mass is 176 g/mol. The minimum atomic E-state index is -0.0506. The number of hydrogen-bond acceptors (Lipinski definition) is 2. The maximum absolute atomic E-state index is 11.5. The molecule has 1 N–H and O–H groups in total. The number of aromatic nitrogens is 1. The zero-order valence-corrected chi connectivity index (χ0v) is 7.36. The number of carbonyl (C=O) groups excluding carboxylic acids is 1. The van der Waals surface area contributed by atoms with Crippen molar-refractivity contribution in [1.29, 1.82) is 0 Å². The summed E-state index contributed by atoms with van der Waals surface area (Å²) in [5, 5.41) is 2.93. The summed E-state index contributed by atoms with van der Waals surface area (Å²) in [4.78, 5) is 15.5. The van der Waals surface area contributed by atoms with E-state index in [1.807, 2.05) is 6.07 Å². The van der Waals surface area contributed by atoms with Crippen LogP contribution in [-0.4, -0.2) is 16.9 Å². The SMILES string of the molecule is O=C(NC1CCC1)c1ccccn1. The lowest BCUT2D eigenvalue weighted by atomic mass is 9.93. The van der Waals surface area contributed by atoms with Crippen LogP contribution in [-0.2, 0) is 0 Å². The Morgan fingerprint density at radius 1 is 1.46 bits per heavy atom. The van der Waals surface area contributed by atoms with Crippen molar-refractivity contribution < 1.29 is 4.79 Å². The van der Waals surface area contributed by atoms with Crippen molar-refractivity contribution in [2.75, 3.05) is 0 Å². The topological polar surface area (TPSA) is 42.0 Å². The van der Waals surface area contributed by atoms with E-state index >= 15 is 0 Å². The molecule has 1 aromatic rings. The maximum Gasteiger partial charge on any atom is 0.270 e. The molecule has 0 saturated heterocycles. The van der Waals surface area contributed by atoms with Crippen LogP contribution >= 0.6 is 0 Å². The van der Waals surface area contributed by atoms with E-state index in [1.165, 1.54) is 6.42 Å². The minimum absolute atomic E-state index is 0.0506. The molecule has 1 aliphatic carbocycles. The molecular weight excluding hydrogens is 164 g/mol. The average molecular weight is 176 g/mol. The fourth-order valence-electron chi connectivity index (χ4n) is 1.31. The first-order valence-corrected chi connectivity index (χ1v) is 4.58. The first kappa shape index (κ1) is 8.23. The van der Waals surface area contributed by atoms with Crippen LogP contribution in [0.5, 0.6) is 0 Å². The van der Waals surface area contributed by atoms with E-state index in [0.29, 0.717) is 11.7 Å². The summed E-state index contributed by atoms with van der Waals surface area (Å²) in [5.41, 5.74) is 0.509. The molecule has 1 aromatic heterocycles. The Hall–Kier alpha value is -1.38. The van der Waals surface area contributed by atoms with Crippen LogP contribution in [0.3, 0.4) is 0 Å². The molecule has 2 rings (SSSR count). The number of carbonyl (C=O) groups is 1. The summed E-state index contributed by atoms with van der Waals surface area (Å²) < 4.78 is 0. The van der Waals surface area contributed by atoms with E-state index < -0.39 is 0 Å². The van der Waals surface area contributed by atoms with Gasteiger partial charge in [-0.25, -0.2) is 0 Å². The second-order valence-electron chi connectivity index (χ2n) is 3.32. The number of nitrogens with zero attached hydrogens (tertiary/aromatic N) is 1. The molecule has 0 aromatic carbocycles. The van der Waals surface area contributed by atoms with Crippen LogP contribution in [0.4, 0.5) is 0 Å². The maximum atomic E-state index is 11.5. The third-order valence-electron chi connectivity index (χ3n) is 2.34. The molecule has 3 heteroatoms. The second-order valence-corrected chi connectivity index (χ2v) is 3.32. The van der Waals surface area contributed by atoms with Gasteiger partial charge in [0.2, 0.25) is 0 Å². The molecule has 13 heavy (non-hydrogen) atoms. The Labute approximate surface area is 77.2 Å². The summed E-state index contributed by atoms with van der Waals surface area (Å²) in [7, 11) is 0. The van der Waals surface area contributed by atoms with Gasteiger partial charge in [0.05, 0.1) is 0 Å². The lowest BCUT2D eigenvalue weighted by Crippen LogP contribution is -2.39. The molecule has 68 valence electrons. The van der Waals surface area contributed by atoms with Gasteiger partial charge in [-0.05, 0) is 31.4 Å². The van der Waals surface area contributed by atoms with Crippen LogP contribution in [0.2, 0.25) is 0 Å². The van der Waals surface area contributed by atoms with Crippen LogP contribution in [0.25, 0.3) is 0 Å². The molecule has 1 aliphatic rings. The smallest absolute Gasteiger partial charge is 0.270 e. The largest absolute Gasteiger partial charge is 0.348 e. The van der Waals surface area contributed by atoms with Gasteiger partial charge in [0.1, 0.15) is 5.69 Å². The van der Waals surface area contributed by atoms with E-state index in [1.54, 1.807) is 18.3 Å². The van der Waals surface area contributed by atoms with Crippen molar-refractivity contribution >= 4 is 5.91 Å². The lowest BCUT2D eigenvalue weighted by molar-refractivity contribution is 0.0912. The molecule has 1 saturated carbocycles. The summed E-state index contributed by atoms with van der Waals surface area (Å²) in [6, 6.07) is 5.74. The summed E-state index contributed by atoms with van der Waals surface area (Å²) in [6.07, 6.45) is 5.08. The zero-order chi connectivity index (χ0) is 9.10. The van der Waals surface area contributed by atoms with Crippen LogP contribution in [0.1, 0.15) is 29.8 Å². The predicted molar refractivity (Wildman–Crippen MR) is 49.3 cm³/mol. The van der Waals surface area contributed by atoms with Crippen molar-refractivity contribution in [2.45, 2.75) is 25.3 Å². The van der Waals surface area contributed by atoms with Crippen LogP contribution < -0.4 is 5.32 Å². The Morgan fingerprint density at radius 2 is 2.31 bits per heavy atom. The van der Waals surface area contributed by atoms with E-state index in [4.69, 9.17) is 0 Å². The van der Waals surface area contributed by atoms with E-state index in [9.17, 15) is 4.79 Å². The number of nitrogens with one attached hydrogen (secondary N) is 1. The molecule has 1 amide bonds. The first-order chi connectivity index (χ1) is 6.36. The van der Waals surface area contributed by atoms with Gasteiger partial charge >= 0.3 is 0 Å². The molecule has 1 heterocycles. The highest BCUT2D eigenvalue weighted by Gasteiger charge is 2.20. The molecule has 0 atom stereocenters. The van der Waals surface area contributed by atoms with Crippen LogP contribution in [0.15, 0.2) is 24.4 Å². The number of hydrogen-bond donors (Lipinski definition) is 1. The highest BCUT2D eigenvalue weighted by Crippen LogP contribution is 2.18. The van der Waals surface area contributed by atoms with Crippen molar-refractivity contribution in [1.82, 2.24) is 10.3 Å². The molecule has 0 bridgehead atoms. The van der Waals surface area contributed by atoms with Gasteiger partial charge in [0.25, 0.3) is 5.91 Å². The zero-order valence-electron chi connectivity index (χ0n) is 7.36. The predicted octanol–water partition coefficient (Wildman–Crippen LogP) is 1.36. The third kappa shape index (κ3) is 1.86. The van der Waals surface area contributed by atoms with Crippen molar-refractivity contribution in [2.24, 2.45) is 0 Å². The molecule has 3 nitrogen and oxygen atoms in total. The fourth-order valence-corrected chi connectivity index (χ4v) is 1.31. The van der Waals surface area contributed by atoms with Crippen LogP contribution in [0, 0.1) is 0 Å².